The number of halogens is 2. The Balaban J connectivity index is 1.89. The van der Waals surface area contributed by atoms with Gasteiger partial charge in [0, 0.05) is 37.9 Å². The number of carbonyl (C=O) groups excluding carboxylic acids is 2. The lowest BCUT2D eigenvalue weighted by Crippen LogP contribution is -2.37. The molecule has 0 radical (unpaired) electrons. The maximum Gasteiger partial charge on any atom is 0.254 e. The fourth-order valence-corrected chi connectivity index (χ4v) is 4.05. The molecule has 0 N–H and O–H groups in total. The van der Waals surface area contributed by atoms with E-state index >= 15 is 0 Å². The van der Waals surface area contributed by atoms with Crippen molar-refractivity contribution < 1.29 is 9.59 Å². The van der Waals surface area contributed by atoms with Gasteiger partial charge in [-0.1, -0.05) is 0 Å². The molecular formula is C14H14Br2N2O2S2. The summed E-state index contributed by atoms with van der Waals surface area (Å²) < 4.78 is 1.86. The van der Waals surface area contributed by atoms with Gasteiger partial charge in [0.25, 0.3) is 11.8 Å². The Morgan fingerprint density at radius 1 is 0.909 bits per heavy atom. The fourth-order valence-electron chi connectivity index (χ4n) is 1.79. The van der Waals surface area contributed by atoms with Crippen LogP contribution in [0.1, 0.15) is 20.7 Å². The highest BCUT2D eigenvalue weighted by atomic mass is 79.9. The topological polar surface area (TPSA) is 40.6 Å². The molecule has 0 bridgehead atoms. The quantitative estimate of drug-likeness (QED) is 0.664. The van der Waals surface area contributed by atoms with Crippen molar-refractivity contribution in [1.29, 1.82) is 0 Å². The van der Waals surface area contributed by atoms with Crippen LogP contribution in [0.2, 0.25) is 0 Å². The summed E-state index contributed by atoms with van der Waals surface area (Å²) in [6, 6.07) is 3.61. The molecular weight excluding hydrogens is 452 g/mol. The molecule has 0 unspecified atom stereocenters. The van der Waals surface area contributed by atoms with E-state index in [-0.39, 0.29) is 11.8 Å². The van der Waals surface area contributed by atoms with Crippen LogP contribution in [-0.2, 0) is 0 Å². The molecule has 0 saturated heterocycles. The van der Waals surface area contributed by atoms with Gasteiger partial charge in [-0.05, 0) is 44.0 Å². The molecule has 0 aliphatic heterocycles. The molecule has 118 valence electrons. The molecule has 2 amide bonds. The Morgan fingerprint density at radius 2 is 1.27 bits per heavy atom. The van der Waals surface area contributed by atoms with Crippen molar-refractivity contribution in [2.75, 3.05) is 27.2 Å². The zero-order valence-electron chi connectivity index (χ0n) is 12.0. The molecule has 0 saturated carbocycles. The van der Waals surface area contributed by atoms with Crippen LogP contribution in [0.3, 0.4) is 0 Å². The monoisotopic (exact) mass is 464 g/mol. The van der Waals surface area contributed by atoms with E-state index in [1.54, 1.807) is 36.0 Å². The number of thiophene rings is 2. The Morgan fingerprint density at radius 3 is 1.55 bits per heavy atom. The molecule has 0 atom stereocenters. The average Bonchev–Trinajstić information content (AvgIpc) is 3.11. The van der Waals surface area contributed by atoms with Crippen LogP contribution in [0.25, 0.3) is 0 Å². The standard InChI is InChI=1S/C14H14Br2N2O2S2/c1-17(13(19)9-5-11(15)21-7-9)3-4-18(2)14(20)10-6-12(16)22-8-10/h5-8H,3-4H2,1-2H3. The van der Waals surface area contributed by atoms with Gasteiger partial charge in [-0.15, -0.1) is 22.7 Å². The maximum atomic E-state index is 12.2. The SMILES string of the molecule is CN(CCN(C)C(=O)c1csc(Br)c1)C(=O)c1csc(Br)c1. The maximum absolute atomic E-state index is 12.2. The largest absolute Gasteiger partial charge is 0.340 e. The minimum absolute atomic E-state index is 0.0407. The molecule has 0 aliphatic rings. The van der Waals surface area contributed by atoms with Crippen molar-refractivity contribution in [2.45, 2.75) is 0 Å². The molecule has 0 spiro atoms. The van der Waals surface area contributed by atoms with Crippen LogP contribution in [0, 0.1) is 0 Å². The molecule has 2 aromatic rings. The lowest BCUT2D eigenvalue weighted by atomic mass is 10.3. The predicted molar refractivity (Wildman–Crippen MR) is 98.0 cm³/mol. The van der Waals surface area contributed by atoms with Gasteiger partial charge >= 0.3 is 0 Å². The predicted octanol–water partition coefficient (Wildman–Crippen LogP) is 4.18. The second-order valence-corrected chi connectivity index (χ2v) is 9.31. The van der Waals surface area contributed by atoms with Gasteiger partial charge in [0.2, 0.25) is 0 Å². The number of hydrogen-bond acceptors (Lipinski definition) is 4. The number of likely N-dealkylation sites (N-methyl/N-ethyl adjacent to an activating group) is 2. The summed E-state index contributed by atoms with van der Waals surface area (Å²) in [4.78, 5) is 27.7. The van der Waals surface area contributed by atoms with Crippen molar-refractivity contribution in [3.63, 3.8) is 0 Å². The van der Waals surface area contributed by atoms with Gasteiger partial charge in [-0.2, -0.15) is 0 Å². The van der Waals surface area contributed by atoms with Crippen molar-refractivity contribution in [1.82, 2.24) is 9.80 Å². The Hall–Kier alpha value is -0.700. The van der Waals surface area contributed by atoms with Crippen molar-refractivity contribution in [3.8, 4) is 0 Å². The summed E-state index contributed by atoms with van der Waals surface area (Å²) >= 11 is 9.66. The van der Waals surface area contributed by atoms with Crippen LogP contribution in [0.4, 0.5) is 0 Å². The fraction of sp³-hybridized carbons (Fsp3) is 0.286. The van der Waals surface area contributed by atoms with Gasteiger partial charge in [0.1, 0.15) is 0 Å². The highest BCUT2D eigenvalue weighted by Gasteiger charge is 2.17. The second kappa shape index (κ2) is 7.72. The lowest BCUT2D eigenvalue weighted by molar-refractivity contribution is 0.0719. The highest BCUT2D eigenvalue weighted by Crippen LogP contribution is 2.22. The van der Waals surface area contributed by atoms with E-state index in [0.29, 0.717) is 24.2 Å². The summed E-state index contributed by atoms with van der Waals surface area (Å²) in [7, 11) is 3.49. The van der Waals surface area contributed by atoms with Crippen LogP contribution < -0.4 is 0 Å². The van der Waals surface area contributed by atoms with Crippen LogP contribution in [0.5, 0.6) is 0 Å². The van der Waals surface area contributed by atoms with E-state index < -0.39 is 0 Å². The van der Waals surface area contributed by atoms with E-state index in [1.807, 2.05) is 10.8 Å². The van der Waals surface area contributed by atoms with Gasteiger partial charge < -0.3 is 9.80 Å². The first-order chi connectivity index (χ1) is 10.4. The Kier molecular flexibility index (Phi) is 6.19. The van der Waals surface area contributed by atoms with Gasteiger partial charge in [-0.25, -0.2) is 0 Å². The number of carbonyl (C=O) groups is 2. The third-order valence-electron chi connectivity index (χ3n) is 3.09. The minimum Gasteiger partial charge on any atom is -0.340 e. The van der Waals surface area contributed by atoms with Crippen molar-refractivity contribution in [2.24, 2.45) is 0 Å². The molecule has 22 heavy (non-hydrogen) atoms. The first kappa shape index (κ1) is 17.7. The summed E-state index contributed by atoms with van der Waals surface area (Å²) in [5, 5.41) is 3.64. The molecule has 8 heteroatoms. The zero-order chi connectivity index (χ0) is 16.3. The summed E-state index contributed by atoms with van der Waals surface area (Å²) in [6.45, 7) is 0.972. The minimum atomic E-state index is -0.0407. The Bertz CT molecular complexity index is 626. The number of amides is 2. The van der Waals surface area contributed by atoms with Crippen LogP contribution in [-0.4, -0.2) is 48.8 Å². The van der Waals surface area contributed by atoms with Crippen LogP contribution in [0.15, 0.2) is 30.5 Å². The van der Waals surface area contributed by atoms with Gasteiger partial charge in [0.15, 0.2) is 0 Å². The van der Waals surface area contributed by atoms with E-state index in [1.165, 1.54) is 22.7 Å². The number of hydrogen-bond donors (Lipinski definition) is 0. The normalized spacial score (nSPS) is 10.5. The van der Waals surface area contributed by atoms with E-state index in [9.17, 15) is 9.59 Å². The van der Waals surface area contributed by atoms with Crippen LogP contribution >= 0.6 is 54.5 Å². The van der Waals surface area contributed by atoms with Gasteiger partial charge in [0.05, 0.1) is 18.7 Å². The second-order valence-electron chi connectivity index (χ2n) is 4.73. The zero-order valence-corrected chi connectivity index (χ0v) is 16.8. The number of rotatable bonds is 5. The molecule has 0 aromatic carbocycles. The molecule has 0 fully saturated rings. The lowest BCUT2D eigenvalue weighted by Gasteiger charge is -2.22. The first-order valence-corrected chi connectivity index (χ1v) is 9.72. The van der Waals surface area contributed by atoms with Crippen molar-refractivity contribution in [3.05, 3.63) is 41.6 Å². The molecule has 2 rings (SSSR count). The van der Waals surface area contributed by atoms with E-state index in [4.69, 9.17) is 0 Å². The summed E-state index contributed by atoms with van der Waals surface area (Å²) in [5.74, 6) is -0.0813. The number of nitrogens with zero attached hydrogens (tertiary/aromatic N) is 2. The van der Waals surface area contributed by atoms with Crippen molar-refractivity contribution >= 4 is 66.3 Å². The van der Waals surface area contributed by atoms with E-state index in [2.05, 4.69) is 31.9 Å². The molecule has 2 aromatic heterocycles. The molecule has 2 heterocycles. The molecule has 4 nitrogen and oxygen atoms in total. The van der Waals surface area contributed by atoms with Gasteiger partial charge in [-0.3, -0.25) is 9.59 Å². The molecule has 0 aliphatic carbocycles. The first-order valence-electron chi connectivity index (χ1n) is 6.37. The van der Waals surface area contributed by atoms with E-state index in [0.717, 1.165) is 7.57 Å². The summed E-state index contributed by atoms with van der Waals surface area (Å²) in [6.07, 6.45) is 0. The summed E-state index contributed by atoms with van der Waals surface area (Å²) in [5.41, 5.74) is 1.32. The average molecular weight is 466 g/mol. The third kappa shape index (κ3) is 4.41. The smallest absolute Gasteiger partial charge is 0.254 e. The highest BCUT2D eigenvalue weighted by molar-refractivity contribution is 9.11. The Labute approximate surface area is 154 Å². The third-order valence-corrected chi connectivity index (χ3v) is 6.10.